The summed E-state index contributed by atoms with van der Waals surface area (Å²) >= 11 is 3.13. The highest BCUT2D eigenvalue weighted by molar-refractivity contribution is 8.14. The van der Waals surface area contributed by atoms with Crippen molar-refractivity contribution in [2.45, 2.75) is 31.2 Å². The van der Waals surface area contributed by atoms with E-state index in [4.69, 9.17) is 0 Å². The van der Waals surface area contributed by atoms with Gasteiger partial charge < -0.3 is 25.7 Å². The van der Waals surface area contributed by atoms with Gasteiger partial charge in [0.25, 0.3) is 0 Å². The van der Waals surface area contributed by atoms with Crippen molar-refractivity contribution in [1.82, 2.24) is 15.5 Å². The highest BCUT2D eigenvalue weighted by Gasteiger charge is 2.60. The lowest BCUT2D eigenvalue weighted by Crippen LogP contribution is -2.63. The van der Waals surface area contributed by atoms with Gasteiger partial charge in [-0.05, 0) is 6.92 Å². The number of amidine groups is 1. The van der Waals surface area contributed by atoms with Crippen LogP contribution < -0.4 is 10.6 Å². The van der Waals surface area contributed by atoms with E-state index in [0.29, 0.717) is 24.0 Å². The van der Waals surface area contributed by atoms with Gasteiger partial charge in [-0.2, -0.15) is 0 Å². The molecule has 4 heterocycles. The van der Waals surface area contributed by atoms with E-state index in [2.05, 4.69) is 20.6 Å². The number of fused-ring (bicyclic) bond motifs is 1. The SMILES string of the molecule is C[C@@H](O)[C@H]1C(=O)N2C(C(=O)O)=C(SC3CN=C(NC4=NCCS4)NC3)[C@H](C)[C@H]12. The molecule has 0 aliphatic carbocycles. The number of β-lactam (4-membered cyclic amide) rings is 1. The Morgan fingerprint density at radius 1 is 1.46 bits per heavy atom. The molecule has 0 saturated carbocycles. The van der Waals surface area contributed by atoms with Crippen molar-refractivity contribution in [1.29, 1.82) is 0 Å². The van der Waals surface area contributed by atoms with Gasteiger partial charge in [-0.1, -0.05) is 18.7 Å². The van der Waals surface area contributed by atoms with Gasteiger partial charge in [0.2, 0.25) is 5.91 Å². The quantitative estimate of drug-likeness (QED) is 0.460. The number of hydrogen-bond acceptors (Lipinski definition) is 9. The Hall–Kier alpha value is -1.72. The Balaban J connectivity index is 1.46. The van der Waals surface area contributed by atoms with Crippen LogP contribution in [0.4, 0.5) is 0 Å². The number of aliphatic hydroxyl groups is 1. The fourth-order valence-electron chi connectivity index (χ4n) is 4.06. The zero-order valence-corrected chi connectivity index (χ0v) is 17.2. The van der Waals surface area contributed by atoms with Gasteiger partial charge >= 0.3 is 5.97 Å². The molecule has 1 saturated heterocycles. The molecule has 0 radical (unpaired) electrons. The van der Waals surface area contributed by atoms with Crippen molar-refractivity contribution >= 4 is 46.5 Å². The lowest BCUT2D eigenvalue weighted by atomic mass is 9.79. The van der Waals surface area contributed by atoms with Crippen LogP contribution in [0, 0.1) is 11.8 Å². The summed E-state index contributed by atoms with van der Waals surface area (Å²) in [6, 6.07) is -0.282. The van der Waals surface area contributed by atoms with Crippen LogP contribution >= 0.6 is 23.5 Å². The summed E-state index contributed by atoms with van der Waals surface area (Å²) in [5, 5.41) is 27.0. The van der Waals surface area contributed by atoms with Crippen LogP contribution in [0.3, 0.4) is 0 Å². The van der Waals surface area contributed by atoms with E-state index in [0.717, 1.165) is 17.5 Å². The van der Waals surface area contributed by atoms with Crippen molar-refractivity contribution in [2.75, 3.05) is 25.4 Å². The first-order valence-corrected chi connectivity index (χ1v) is 11.1. The van der Waals surface area contributed by atoms with Crippen LogP contribution in [-0.4, -0.2) is 80.9 Å². The van der Waals surface area contributed by atoms with Crippen molar-refractivity contribution in [3.63, 3.8) is 0 Å². The van der Waals surface area contributed by atoms with Crippen molar-refractivity contribution in [2.24, 2.45) is 21.8 Å². The molecule has 1 fully saturated rings. The van der Waals surface area contributed by atoms with Crippen LogP contribution in [0.15, 0.2) is 20.6 Å². The smallest absolute Gasteiger partial charge is 0.353 e. The maximum atomic E-state index is 12.4. The third-order valence-electron chi connectivity index (χ3n) is 5.37. The van der Waals surface area contributed by atoms with Crippen LogP contribution in [0.25, 0.3) is 0 Å². The second kappa shape index (κ2) is 7.60. The zero-order chi connectivity index (χ0) is 20.0. The topological polar surface area (TPSA) is 127 Å². The average Bonchev–Trinajstić information content (AvgIpc) is 3.22. The van der Waals surface area contributed by atoms with Gasteiger partial charge in [0.15, 0.2) is 11.1 Å². The number of hydrogen-bond donors (Lipinski definition) is 4. The molecule has 4 rings (SSSR count). The Kier molecular flexibility index (Phi) is 5.32. The first-order chi connectivity index (χ1) is 13.4. The molecule has 0 spiro atoms. The highest BCUT2D eigenvalue weighted by atomic mass is 32.2. The molecule has 1 unspecified atom stereocenters. The van der Waals surface area contributed by atoms with Crippen molar-refractivity contribution < 1.29 is 19.8 Å². The summed E-state index contributed by atoms with van der Waals surface area (Å²) in [4.78, 5) is 35.2. The summed E-state index contributed by atoms with van der Waals surface area (Å²) < 4.78 is 0. The number of carboxylic acids is 1. The molecule has 0 aromatic carbocycles. The van der Waals surface area contributed by atoms with Crippen LogP contribution in [0.1, 0.15) is 13.8 Å². The number of aliphatic imine (C=N–C) groups is 2. The second-order valence-corrected chi connectivity index (χ2v) is 9.67. The monoisotopic (exact) mass is 425 g/mol. The van der Waals surface area contributed by atoms with Gasteiger partial charge in [-0.25, -0.2) is 4.79 Å². The molecule has 4 N–H and O–H groups in total. The van der Waals surface area contributed by atoms with Crippen LogP contribution in [0.2, 0.25) is 0 Å². The number of amides is 1. The van der Waals surface area contributed by atoms with E-state index in [-0.39, 0.29) is 28.8 Å². The van der Waals surface area contributed by atoms with E-state index in [1.165, 1.54) is 16.7 Å². The third-order valence-corrected chi connectivity index (χ3v) is 7.73. The van der Waals surface area contributed by atoms with Crippen molar-refractivity contribution in [3.8, 4) is 0 Å². The number of thioether (sulfide) groups is 2. The number of carboxylic acid groups (broad SMARTS) is 1. The van der Waals surface area contributed by atoms with E-state index in [1.54, 1.807) is 18.7 Å². The van der Waals surface area contributed by atoms with E-state index >= 15 is 0 Å². The lowest BCUT2D eigenvalue weighted by Gasteiger charge is -2.46. The molecular weight excluding hydrogens is 402 g/mol. The predicted molar refractivity (Wildman–Crippen MR) is 109 cm³/mol. The van der Waals surface area contributed by atoms with Gasteiger partial charge in [0.05, 0.1) is 31.2 Å². The Morgan fingerprint density at radius 3 is 2.82 bits per heavy atom. The second-order valence-electron chi connectivity index (χ2n) is 7.24. The fourth-order valence-corrected chi connectivity index (χ4v) is 6.11. The number of carbonyl (C=O) groups is 2. The minimum absolute atomic E-state index is 0.0639. The van der Waals surface area contributed by atoms with Gasteiger partial charge in [0.1, 0.15) is 5.70 Å². The minimum Gasteiger partial charge on any atom is -0.477 e. The molecule has 4 aliphatic rings. The number of rotatable bonds is 4. The molecule has 152 valence electrons. The Bertz CT molecular complexity index is 796. The highest BCUT2D eigenvalue weighted by Crippen LogP contribution is 2.51. The lowest BCUT2D eigenvalue weighted by molar-refractivity contribution is -0.163. The number of nitrogens with one attached hydrogen (secondary N) is 2. The molecule has 0 aromatic heterocycles. The summed E-state index contributed by atoms with van der Waals surface area (Å²) in [6.07, 6.45) is -0.790. The molecule has 4 aliphatic heterocycles. The first kappa shape index (κ1) is 19.6. The predicted octanol–water partition coefficient (Wildman–Crippen LogP) is -0.106. The summed E-state index contributed by atoms with van der Waals surface area (Å²) in [7, 11) is 0. The van der Waals surface area contributed by atoms with Gasteiger partial charge in [0, 0.05) is 28.4 Å². The summed E-state index contributed by atoms with van der Waals surface area (Å²) in [6.45, 7) is 5.50. The Morgan fingerprint density at radius 2 is 2.25 bits per heavy atom. The number of nitrogens with zero attached hydrogens (tertiary/aromatic N) is 3. The van der Waals surface area contributed by atoms with E-state index < -0.39 is 18.0 Å². The molecule has 0 bridgehead atoms. The van der Waals surface area contributed by atoms with Crippen molar-refractivity contribution in [3.05, 3.63) is 10.6 Å². The molecule has 1 amide bonds. The number of aliphatic hydroxyl groups excluding tert-OH is 1. The average molecular weight is 426 g/mol. The standard InChI is InChI=1S/C17H23N5O4S2/c1-7-11-10(8(2)23)14(24)22(11)12(15(25)26)13(7)28-9-5-19-16(20-6-9)21-17-18-3-4-27-17/h7-11,23H,3-6H2,1-2H3,(H,25,26)(H2,18,19,20,21)/t7-,8-,10-,11-/m1/s1. The maximum Gasteiger partial charge on any atom is 0.353 e. The normalized spacial score (nSPS) is 33.0. The number of carbonyl (C=O) groups excluding carboxylic acids is 1. The van der Waals surface area contributed by atoms with Gasteiger partial charge in [-0.15, -0.1) is 11.8 Å². The van der Waals surface area contributed by atoms with Gasteiger partial charge in [-0.3, -0.25) is 14.8 Å². The largest absolute Gasteiger partial charge is 0.477 e. The zero-order valence-electron chi connectivity index (χ0n) is 15.6. The Labute approximate surface area is 171 Å². The number of guanidine groups is 1. The van der Waals surface area contributed by atoms with E-state index in [1.807, 2.05) is 6.92 Å². The molecular formula is C17H23N5O4S2. The molecule has 28 heavy (non-hydrogen) atoms. The fraction of sp³-hybridized carbons (Fsp3) is 0.647. The summed E-state index contributed by atoms with van der Waals surface area (Å²) in [5.41, 5.74) is 0.0639. The van der Waals surface area contributed by atoms with Crippen LogP contribution in [-0.2, 0) is 9.59 Å². The molecule has 9 nitrogen and oxygen atoms in total. The van der Waals surface area contributed by atoms with E-state index in [9.17, 15) is 19.8 Å². The maximum absolute atomic E-state index is 12.4. The molecule has 11 heteroatoms. The van der Waals surface area contributed by atoms with Crippen LogP contribution in [0.5, 0.6) is 0 Å². The number of aliphatic carboxylic acids is 1. The molecule has 0 aromatic rings. The third kappa shape index (κ3) is 3.29. The first-order valence-electron chi connectivity index (χ1n) is 9.26. The minimum atomic E-state index is -1.10. The molecule has 5 atom stereocenters. The summed E-state index contributed by atoms with van der Waals surface area (Å²) in [5.74, 6) is -0.403.